The molecular formula is C8H9NO3S. The first-order valence-corrected chi connectivity index (χ1v) is 4.73. The maximum absolute atomic E-state index is 10.7. The van der Waals surface area contributed by atoms with Crippen LogP contribution >= 0.6 is 11.8 Å². The van der Waals surface area contributed by atoms with Crippen molar-refractivity contribution in [2.45, 2.75) is 4.90 Å². The summed E-state index contributed by atoms with van der Waals surface area (Å²) in [6, 6.07) is 1.65. The second-order valence-electron chi connectivity index (χ2n) is 2.23. The second-order valence-corrected chi connectivity index (χ2v) is 3.08. The summed E-state index contributed by atoms with van der Waals surface area (Å²) in [6.45, 7) is 0. The predicted molar refractivity (Wildman–Crippen MR) is 49.5 cm³/mol. The first-order valence-electron chi connectivity index (χ1n) is 3.50. The van der Waals surface area contributed by atoms with Crippen molar-refractivity contribution < 1.29 is 14.6 Å². The number of rotatable bonds is 3. The molecule has 0 radical (unpaired) electrons. The Balaban J connectivity index is 3.15. The van der Waals surface area contributed by atoms with E-state index in [0.717, 1.165) is 0 Å². The Morgan fingerprint density at radius 3 is 2.85 bits per heavy atom. The number of thioether (sulfide) groups is 1. The van der Waals surface area contributed by atoms with E-state index < -0.39 is 5.97 Å². The molecular weight excluding hydrogens is 190 g/mol. The molecule has 0 bridgehead atoms. The summed E-state index contributed by atoms with van der Waals surface area (Å²) in [5.41, 5.74) is 0.0632. The van der Waals surface area contributed by atoms with E-state index in [-0.39, 0.29) is 5.69 Å². The van der Waals surface area contributed by atoms with Crippen LogP contribution in [0.25, 0.3) is 0 Å². The SMILES string of the molecule is COc1cnc(C(=O)O)c(SC)c1. The second kappa shape index (κ2) is 4.13. The minimum absolute atomic E-state index is 0.0632. The number of carbonyl (C=O) groups is 1. The number of hydrogen-bond donors (Lipinski definition) is 1. The average Bonchev–Trinajstić information content (AvgIpc) is 2.16. The summed E-state index contributed by atoms with van der Waals surface area (Å²) in [4.78, 5) is 15.0. The molecule has 5 heteroatoms. The van der Waals surface area contributed by atoms with Gasteiger partial charge in [-0.3, -0.25) is 0 Å². The Hall–Kier alpha value is -1.23. The molecule has 13 heavy (non-hydrogen) atoms. The number of methoxy groups -OCH3 is 1. The monoisotopic (exact) mass is 199 g/mol. The lowest BCUT2D eigenvalue weighted by atomic mass is 10.3. The van der Waals surface area contributed by atoms with Gasteiger partial charge in [0.1, 0.15) is 5.75 Å². The van der Waals surface area contributed by atoms with E-state index >= 15 is 0 Å². The molecule has 70 valence electrons. The molecule has 1 rings (SSSR count). The lowest BCUT2D eigenvalue weighted by Crippen LogP contribution is -2.02. The Labute approximate surface area is 79.9 Å². The molecule has 0 saturated carbocycles. The van der Waals surface area contributed by atoms with Gasteiger partial charge in [0.15, 0.2) is 5.69 Å². The molecule has 1 aromatic rings. The summed E-state index contributed by atoms with van der Waals surface area (Å²) in [7, 11) is 1.52. The van der Waals surface area contributed by atoms with Gasteiger partial charge in [0, 0.05) is 4.90 Å². The zero-order chi connectivity index (χ0) is 9.84. The lowest BCUT2D eigenvalue weighted by molar-refractivity contribution is 0.0686. The third kappa shape index (κ3) is 2.12. The molecule has 0 aliphatic rings. The van der Waals surface area contributed by atoms with Crippen molar-refractivity contribution in [3.63, 3.8) is 0 Å². The predicted octanol–water partition coefficient (Wildman–Crippen LogP) is 1.51. The Morgan fingerprint density at radius 2 is 2.38 bits per heavy atom. The third-order valence-corrected chi connectivity index (χ3v) is 2.24. The molecule has 0 spiro atoms. The fraction of sp³-hybridized carbons (Fsp3) is 0.250. The van der Waals surface area contributed by atoms with Crippen molar-refractivity contribution in [1.29, 1.82) is 0 Å². The molecule has 1 aromatic heterocycles. The van der Waals surface area contributed by atoms with Gasteiger partial charge in [-0.25, -0.2) is 9.78 Å². The van der Waals surface area contributed by atoms with E-state index in [1.165, 1.54) is 25.1 Å². The van der Waals surface area contributed by atoms with Gasteiger partial charge in [-0.15, -0.1) is 11.8 Å². The van der Waals surface area contributed by atoms with Gasteiger partial charge in [0.25, 0.3) is 0 Å². The van der Waals surface area contributed by atoms with Crippen LogP contribution < -0.4 is 4.74 Å². The average molecular weight is 199 g/mol. The zero-order valence-electron chi connectivity index (χ0n) is 7.27. The maximum atomic E-state index is 10.7. The van der Waals surface area contributed by atoms with Gasteiger partial charge in [0.2, 0.25) is 0 Å². The number of carboxylic acids is 1. The fourth-order valence-electron chi connectivity index (χ4n) is 0.854. The van der Waals surface area contributed by atoms with Gasteiger partial charge in [-0.1, -0.05) is 0 Å². The van der Waals surface area contributed by atoms with Crippen LogP contribution in [-0.4, -0.2) is 29.4 Å². The number of pyridine rings is 1. The largest absolute Gasteiger partial charge is 0.495 e. The van der Waals surface area contributed by atoms with Gasteiger partial charge in [-0.05, 0) is 12.3 Å². The number of hydrogen-bond acceptors (Lipinski definition) is 4. The first kappa shape index (κ1) is 9.85. The molecule has 4 nitrogen and oxygen atoms in total. The summed E-state index contributed by atoms with van der Waals surface area (Å²) < 4.78 is 4.92. The first-order chi connectivity index (χ1) is 6.19. The normalized spacial score (nSPS) is 9.69. The van der Waals surface area contributed by atoms with Crippen molar-refractivity contribution in [2.24, 2.45) is 0 Å². The van der Waals surface area contributed by atoms with Crippen molar-refractivity contribution in [3.8, 4) is 5.75 Å². The van der Waals surface area contributed by atoms with Crippen LogP contribution in [0.4, 0.5) is 0 Å². The van der Waals surface area contributed by atoms with E-state index in [1.54, 1.807) is 12.3 Å². The Morgan fingerprint density at radius 1 is 1.69 bits per heavy atom. The van der Waals surface area contributed by atoms with Crippen molar-refractivity contribution in [3.05, 3.63) is 18.0 Å². The number of ether oxygens (including phenoxy) is 1. The third-order valence-electron chi connectivity index (χ3n) is 1.49. The van der Waals surface area contributed by atoms with Gasteiger partial charge >= 0.3 is 5.97 Å². The quantitative estimate of drug-likeness (QED) is 0.748. The van der Waals surface area contributed by atoms with Crippen LogP contribution in [0.1, 0.15) is 10.5 Å². The van der Waals surface area contributed by atoms with Crippen LogP contribution in [0.2, 0.25) is 0 Å². The Kier molecular flexibility index (Phi) is 3.13. The highest BCUT2D eigenvalue weighted by Gasteiger charge is 2.11. The molecule has 0 aliphatic heterocycles. The molecule has 0 aromatic carbocycles. The summed E-state index contributed by atoms with van der Waals surface area (Å²) in [5, 5.41) is 8.74. The highest BCUT2D eigenvalue weighted by Crippen LogP contribution is 2.23. The number of aromatic nitrogens is 1. The summed E-state index contributed by atoms with van der Waals surface area (Å²) in [5.74, 6) is -0.457. The highest BCUT2D eigenvalue weighted by molar-refractivity contribution is 7.98. The molecule has 0 atom stereocenters. The molecule has 0 fully saturated rings. The lowest BCUT2D eigenvalue weighted by Gasteiger charge is -2.04. The minimum Gasteiger partial charge on any atom is -0.495 e. The number of aromatic carboxylic acids is 1. The fourth-order valence-corrected chi connectivity index (χ4v) is 1.42. The van der Waals surface area contributed by atoms with E-state index in [0.29, 0.717) is 10.6 Å². The number of carboxylic acid groups (broad SMARTS) is 1. The molecule has 1 N–H and O–H groups in total. The maximum Gasteiger partial charge on any atom is 0.355 e. The highest BCUT2D eigenvalue weighted by atomic mass is 32.2. The van der Waals surface area contributed by atoms with Gasteiger partial charge in [-0.2, -0.15) is 0 Å². The van der Waals surface area contributed by atoms with Gasteiger partial charge in [0.05, 0.1) is 13.3 Å². The zero-order valence-corrected chi connectivity index (χ0v) is 8.09. The van der Waals surface area contributed by atoms with Crippen molar-refractivity contribution >= 4 is 17.7 Å². The van der Waals surface area contributed by atoms with Crippen molar-refractivity contribution in [1.82, 2.24) is 4.98 Å². The minimum atomic E-state index is -1.02. The van der Waals surface area contributed by atoms with Crippen LogP contribution in [0.5, 0.6) is 5.75 Å². The van der Waals surface area contributed by atoms with Crippen LogP contribution in [0.15, 0.2) is 17.2 Å². The summed E-state index contributed by atoms with van der Waals surface area (Å²) in [6.07, 6.45) is 3.19. The van der Waals surface area contributed by atoms with E-state index in [4.69, 9.17) is 9.84 Å². The molecule has 1 heterocycles. The van der Waals surface area contributed by atoms with Crippen LogP contribution in [-0.2, 0) is 0 Å². The standard InChI is InChI=1S/C8H9NO3S/c1-12-5-3-6(13-2)7(8(10)11)9-4-5/h3-4H,1-2H3,(H,10,11). The summed E-state index contributed by atoms with van der Waals surface area (Å²) >= 11 is 1.33. The topological polar surface area (TPSA) is 59.4 Å². The van der Waals surface area contributed by atoms with Crippen molar-refractivity contribution in [2.75, 3.05) is 13.4 Å². The van der Waals surface area contributed by atoms with E-state index in [9.17, 15) is 4.79 Å². The van der Waals surface area contributed by atoms with Gasteiger partial charge < -0.3 is 9.84 Å². The van der Waals surface area contributed by atoms with E-state index in [1.807, 2.05) is 0 Å². The van der Waals surface area contributed by atoms with Crippen LogP contribution in [0, 0.1) is 0 Å². The molecule has 0 saturated heterocycles. The number of nitrogens with zero attached hydrogens (tertiary/aromatic N) is 1. The van der Waals surface area contributed by atoms with E-state index in [2.05, 4.69) is 4.98 Å². The molecule has 0 aliphatic carbocycles. The Bertz CT molecular complexity index is 327. The smallest absolute Gasteiger partial charge is 0.355 e. The molecule has 0 unspecified atom stereocenters. The van der Waals surface area contributed by atoms with Crippen LogP contribution in [0.3, 0.4) is 0 Å². The molecule has 0 amide bonds.